The van der Waals surface area contributed by atoms with E-state index in [9.17, 15) is 4.79 Å². The van der Waals surface area contributed by atoms with E-state index >= 15 is 0 Å². The van der Waals surface area contributed by atoms with E-state index in [1.54, 1.807) is 6.20 Å². The molecule has 0 unspecified atom stereocenters. The highest BCUT2D eigenvalue weighted by molar-refractivity contribution is 5.92. The van der Waals surface area contributed by atoms with Gasteiger partial charge >= 0.3 is 0 Å². The van der Waals surface area contributed by atoms with Crippen LogP contribution < -0.4 is 15.1 Å². The summed E-state index contributed by atoms with van der Waals surface area (Å²) in [5.41, 5.74) is 1.79. The Morgan fingerprint density at radius 1 is 0.812 bits per heavy atom. The second-order valence-corrected chi connectivity index (χ2v) is 8.21. The monoisotopic (exact) mass is 428 g/mol. The largest absolute Gasteiger partial charge is 0.353 e. The van der Waals surface area contributed by atoms with Crippen molar-refractivity contribution < 1.29 is 4.79 Å². The standard InChI is InChI=1S/C25H28N6O/c32-25(30-17-15-29(16-18-30)23-10-4-5-12-27-23)21-9-6-11-24(28-21)31-14-13-26-22(19-31)20-7-2-1-3-8-20/h1-12,22,26H,13-19H2/t22-/m1/s1. The van der Waals surface area contributed by atoms with Gasteiger partial charge in [-0.15, -0.1) is 0 Å². The molecule has 0 saturated carbocycles. The van der Waals surface area contributed by atoms with Crippen LogP contribution in [0.3, 0.4) is 0 Å². The fourth-order valence-corrected chi connectivity index (χ4v) is 4.43. The predicted molar refractivity (Wildman–Crippen MR) is 126 cm³/mol. The van der Waals surface area contributed by atoms with Crippen molar-refractivity contribution in [2.24, 2.45) is 0 Å². The molecule has 1 N–H and O–H groups in total. The lowest BCUT2D eigenvalue weighted by Crippen LogP contribution is -2.49. The number of carbonyl (C=O) groups is 1. The predicted octanol–water partition coefficient (Wildman–Crippen LogP) is 2.59. The topological polar surface area (TPSA) is 64.6 Å². The number of carbonyl (C=O) groups excluding carboxylic acids is 1. The van der Waals surface area contributed by atoms with Gasteiger partial charge in [0.1, 0.15) is 17.3 Å². The highest BCUT2D eigenvalue weighted by Gasteiger charge is 2.25. The first-order valence-electron chi connectivity index (χ1n) is 11.2. The fraction of sp³-hybridized carbons (Fsp3) is 0.320. The molecule has 1 aromatic carbocycles. The minimum atomic E-state index is 0.00210. The summed E-state index contributed by atoms with van der Waals surface area (Å²) < 4.78 is 0. The zero-order valence-corrected chi connectivity index (χ0v) is 18.1. The van der Waals surface area contributed by atoms with Crippen LogP contribution in [0.1, 0.15) is 22.1 Å². The third kappa shape index (κ3) is 4.43. The maximum Gasteiger partial charge on any atom is 0.272 e. The van der Waals surface area contributed by atoms with Crippen LogP contribution in [0.2, 0.25) is 0 Å². The second kappa shape index (κ2) is 9.36. The highest BCUT2D eigenvalue weighted by Crippen LogP contribution is 2.22. The molecule has 0 aliphatic carbocycles. The van der Waals surface area contributed by atoms with Gasteiger partial charge in [-0.25, -0.2) is 9.97 Å². The fourth-order valence-electron chi connectivity index (χ4n) is 4.43. The van der Waals surface area contributed by atoms with Gasteiger partial charge in [-0.2, -0.15) is 0 Å². The Morgan fingerprint density at radius 3 is 2.38 bits per heavy atom. The van der Waals surface area contributed by atoms with E-state index in [1.165, 1.54) is 5.56 Å². The highest BCUT2D eigenvalue weighted by atomic mass is 16.2. The number of aromatic nitrogens is 2. The van der Waals surface area contributed by atoms with Gasteiger partial charge < -0.3 is 20.0 Å². The summed E-state index contributed by atoms with van der Waals surface area (Å²) in [7, 11) is 0. The van der Waals surface area contributed by atoms with Crippen molar-refractivity contribution in [3.05, 3.63) is 84.2 Å². The number of amides is 1. The molecule has 7 heteroatoms. The molecule has 2 aliphatic heterocycles. The summed E-state index contributed by atoms with van der Waals surface area (Å²) >= 11 is 0. The van der Waals surface area contributed by atoms with E-state index in [0.717, 1.165) is 44.4 Å². The first-order chi connectivity index (χ1) is 15.8. The number of hydrogen-bond acceptors (Lipinski definition) is 6. The smallest absolute Gasteiger partial charge is 0.272 e. The number of anilines is 2. The number of nitrogens with zero attached hydrogens (tertiary/aromatic N) is 5. The minimum absolute atomic E-state index is 0.00210. The minimum Gasteiger partial charge on any atom is -0.353 e. The summed E-state index contributed by atoms with van der Waals surface area (Å²) in [4.78, 5) is 28.7. The second-order valence-electron chi connectivity index (χ2n) is 8.21. The Morgan fingerprint density at radius 2 is 1.59 bits per heavy atom. The number of nitrogens with one attached hydrogen (secondary N) is 1. The van der Waals surface area contributed by atoms with Crippen LogP contribution >= 0.6 is 0 Å². The van der Waals surface area contributed by atoms with Crippen LogP contribution in [0.15, 0.2) is 72.9 Å². The first kappa shape index (κ1) is 20.5. The quantitative estimate of drug-likeness (QED) is 0.689. The van der Waals surface area contributed by atoms with Gasteiger partial charge in [0.05, 0.1) is 0 Å². The van der Waals surface area contributed by atoms with E-state index in [-0.39, 0.29) is 11.9 Å². The van der Waals surface area contributed by atoms with Gasteiger partial charge in [0.25, 0.3) is 5.91 Å². The Kier molecular flexibility index (Phi) is 5.98. The molecule has 7 nitrogen and oxygen atoms in total. The molecule has 164 valence electrons. The van der Waals surface area contributed by atoms with Crippen molar-refractivity contribution in [3.8, 4) is 0 Å². The van der Waals surface area contributed by atoms with E-state index < -0.39 is 0 Å². The molecular weight excluding hydrogens is 400 g/mol. The average molecular weight is 429 g/mol. The Hall–Kier alpha value is -3.45. The van der Waals surface area contributed by atoms with Gasteiger partial charge in [-0.3, -0.25) is 4.79 Å². The molecule has 1 atom stereocenters. The van der Waals surface area contributed by atoms with Crippen LogP contribution in [0.4, 0.5) is 11.6 Å². The van der Waals surface area contributed by atoms with E-state index in [4.69, 9.17) is 4.98 Å². The molecule has 0 bridgehead atoms. The number of rotatable bonds is 4. The molecule has 2 aliphatic rings. The molecule has 32 heavy (non-hydrogen) atoms. The van der Waals surface area contributed by atoms with Crippen LogP contribution in [0.25, 0.3) is 0 Å². The molecule has 0 radical (unpaired) electrons. The molecule has 0 spiro atoms. The maximum absolute atomic E-state index is 13.2. The SMILES string of the molecule is O=C(c1cccc(N2CCN[C@@H](c3ccccc3)C2)n1)N1CCN(c2ccccn2)CC1. The van der Waals surface area contributed by atoms with Gasteiger partial charge in [0, 0.05) is 58.1 Å². The number of piperazine rings is 2. The van der Waals surface area contributed by atoms with Gasteiger partial charge in [-0.05, 0) is 29.8 Å². The Balaban J connectivity index is 1.24. The summed E-state index contributed by atoms with van der Waals surface area (Å²) in [5, 5.41) is 3.59. The number of pyridine rings is 2. The van der Waals surface area contributed by atoms with Crippen LogP contribution in [0, 0.1) is 0 Å². The van der Waals surface area contributed by atoms with Crippen LogP contribution in [-0.4, -0.2) is 66.6 Å². The summed E-state index contributed by atoms with van der Waals surface area (Å²) in [6, 6.07) is 22.4. The molecule has 3 aromatic rings. The molecule has 2 fully saturated rings. The lowest BCUT2D eigenvalue weighted by atomic mass is 10.0. The lowest BCUT2D eigenvalue weighted by Gasteiger charge is -2.36. The molecule has 2 saturated heterocycles. The summed E-state index contributed by atoms with van der Waals surface area (Å²) in [6.45, 7) is 5.48. The van der Waals surface area contributed by atoms with Crippen LogP contribution in [0.5, 0.6) is 0 Å². The van der Waals surface area contributed by atoms with Crippen molar-refractivity contribution in [1.82, 2.24) is 20.2 Å². The van der Waals surface area contributed by atoms with Gasteiger partial charge in [0.2, 0.25) is 0 Å². The van der Waals surface area contributed by atoms with Crippen molar-refractivity contribution in [2.75, 3.05) is 55.6 Å². The summed E-state index contributed by atoms with van der Waals surface area (Å²) in [5.74, 6) is 1.83. The third-order valence-corrected chi connectivity index (χ3v) is 6.20. The average Bonchev–Trinajstić information content (AvgIpc) is 2.89. The molecular formula is C25H28N6O. The van der Waals surface area contributed by atoms with Crippen LogP contribution in [-0.2, 0) is 0 Å². The normalized spacial score (nSPS) is 19.1. The summed E-state index contributed by atoms with van der Waals surface area (Å²) in [6.07, 6.45) is 1.81. The van der Waals surface area contributed by atoms with Crippen molar-refractivity contribution >= 4 is 17.5 Å². The number of hydrogen-bond donors (Lipinski definition) is 1. The maximum atomic E-state index is 13.2. The first-order valence-corrected chi connectivity index (χ1v) is 11.2. The Bertz CT molecular complexity index is 1040. The van der Waals surface area contributed by atoms with Crippen molar-refractivity contribution in [3.63, 3.8) is 0 Å². The zero-order valence-electron chi connectivity index (χ0n) is 18.1. The van der Waals surface area contributed by atoms with Crippen molar-refractivity contribution in [2.45, 2.75) is 6.04 Å². The Labute approximate surface area is 188 Å². The van der Waals surface area contributed by atoms with E-state index in [1.807, 2.05) is 47.4 Å². The van der Waals surface area contributed by atoms with E-state index in [0.29, 0.717) is 18.8 Å². The number of benzene rings is 1. The molecule has 1 amide bonds. The van der Waals surface area contributed by atoms with Gasteiger partial charge in [0.15, 0.2) is 0 Å². The zero-order chi connectivity index (χ0) is 21.8. The lowest BCUT2D eigenvalue weighted by molar-refractivity contribution is 0.0740. The van der Waals surface area contributed by atoms with Gasteiger partial charge in [-0.1, -0.05) is 42.5 Å². The van der Waals surface area contributed by atoms with E-state index in [2.05, 4.69) is 44.4 Å². The molecule has 5 rings (SSSR count). The van der Waals surface area contributed by atoms with Crippen molar-refractivity contribution in [1.29, 1.82) is 0 Å². The molecule has 2 aromatic heterocycles. The third-order valence-electron chi connectivity index (χ3n) is 6.20. The molecule has 4 heterocycles.